The SMILES string of the molecule is CN1CCCN(c2ccc(NC(=O)COc3ccccc3)c(C(=O)O)c2)CC1. The lowest BCUT2D eigenvalue weighted by atomic mass is 10.1. The zero-order chi connectivity index (χ0) is 19.9. The van der Waals surface area contributed by atoms with Crippen molar-refractivity contribution in [2.75, 3.05) is 50.1 Å². The number of nitrogens with zero attached hydrogens (tertiary/aromatic N) is 2. The van der Waals surface area contributed by atoms with E-state index in [-0.39, 0.29) is 17.9 Å². The fourth-order valence-electron chi connectivity index (χ4n) is 3.17. The summed E-state index contributed by atoms with van der Waals surface area (Å²) >= 11 is 0. The molecule has 0 unspecified atom stereocenters. The van der Waals surface area contributed by atoms with Crippen LogP contribution in [0.5, 0.6) is 5.75 Å². The van der Waals surface area contributed by atoms with Crippen LogP contribution in [0.25, 0.3) is 0 Å². The van der Waals surface area contributed by atoms with Crippen LogP contribution in [0.4, 0.5) is 11.4 Å². The molecule has 2 aromatic rings. The van der Waals surface area contributed by atoms with Gasteiger partial charge in [0.1, 0.15) is 5.75 Å². The van der Waals surface area contributed by atoms with Gasteiger partial charge in [-0.1, -0.05) is 18.2 Å². The smallest absolute Gasteiger partial charge is 0.337 e. The molecule has 148 valence electrons. The summed E-state index contributed by atoms with van der Waals surface area (Å²) in [6.07, 6.45) is 1.02. The quantitative estimate of drug-likeness (QED) is 0.798. The third-order valence-electron chi connectivity index (χ3n) is 4.71. The molecule has 2 aromatic carbocycles. The number of ether oxygens (including phenoxy) is 1. The standard InChI is InChI=1S/C21H25N3O4/c1-23-10-5-11-24(13-12-23)16-8-9-19(18(14-16)21(26)27)22-20(25)15-28-17-6-3-2-4-7-17/h2-4,6-9,14H,5,10-13,15H2,1H3,(H,22,25)(H,26,27). The summed E-state index contributed by atoms with van der Waals surface area (Å²) in [5.41, 5.74) is 1.19. The van der Waals surface area contributed by atoms with Crippen LogP contribution in [0.3, 0.4) is 0 Å². The van der Waals surface area contributed by atoms with Gasteiger partial charge >= 0.3 is 5.97 Å². The van der Waals surface area contributed by atoms with Gasteiger partial charge < -0.3 is 25.0 Å². The minimum absolute atomic E-state index is 0.0724. The van der Waals surface area contributed by atoms with Gasteiger partial charge in [-0.2, -0.15) is 0 Å². The first-order chi connectivity index (χ1) is 13.5. The summed E-state index contributed by atoms with van der Waals surface area (Å²) in [7, 11) is 2.09. The molecular formula is C21H25N3O4. The van der Waals surface area contributed by atoms with Gasteiger partial charge in [-0.15, -0.1) is 0 Å². The molecule has 0 aliphatic carbocycles. The van der Waals surface area contributed by atoms with Crippen molar-refractivity contribution in [3.05, 3.63) is 54.1 Å². The summed E-state index contributed by atoms with van der Waals surface area (Å²) in [4.78, 5) is 28.4. The second-order valence-electron chi connectivity index (χ2n) is 6.83. The maximum Gasteiger partial charge on any atom is 0.337 e. The molecule has 0 radical (unpaired) electrons. The number of carboxylic acid groups (broad SMARTS) is 1. The molecule has 1 aliphatic rings. The van der Waals surface area contributed by atoms with Crippen LogP contribution in [-0.2, 0) is 4.79 Å². The van der Waals surface area contributed by atoms with E-state index in [4.69, 9.17) is 4.74 Å². The van der Waals surface area contributed by atoms with Crippen LogP contribution in [0, 0.1) is 0 Å². The molecule has 0 aromatic heterocycles. The van der Waals surface area contributed by atoms with Crippen LogP contribution in [0.2, 0.25) is 0 Å². The van der Waals surface area contributed by atoms with Crippen molar-refractivity contribution in [3.8, 4) is 5.75 Å². The number of carbonyl (C=O) groups is 2. The lowest BCUT2D eigenvalue weighted by Gasteiger charge is -2.24. The van der Waals surface area contributed by atoms with Crippen LogP contribution in [0.15, 0.2) is 48.5 Å². The molecule has 28 heavy (non-hydrogen) atoms. The highest BCUT2D eigenvalue weighted by Gasteiger charge is 2.18. The predicted octanol–water partition coefficient (Wildman–Crippen LogP) is 2.54. The third kappa shape index (κ3) is 5.23. The lowest BCUT2D eigenvalue weighted by molar-refractivity contribution is -0.118. The first-order valence-corrected chi connectivity index (χ1v) is 9.31. The van der Waals surface area contributed by atoms with E-state index >= 15 is 0 Å². The second-order valence-corrected chi connectivity index (χ2v) is 6.83. The largest absolute Gasteiger partial charge is 0.484 e. The van der Waals surface area contributed by atoms with Crippen LogP contribution in [-0.4, -0.2) is 61.7 Å². The number of carboxylic acids is 1. The zero-order valence-corrected chi connectivity index (χ0v) is 15.9. The monoisotopic (exact) mass is 383 g/mol. The van der Waals surface area contributed by atoms with Gasteiger partial charge in [0.15, 0.2) is 6.61 Å². The maximum absolute atomic E-state index is 12.2. The maximum atomic E-state index is 12.2. The van der Waals surface area contributed by atoms with Crippen molar-refractivity contribution in [3.63, 3.8) is 0 Å². The Morgan fingerprint density at radius 2 is 1.86 bits per heavy atom. The fraction of sp³-hybridized carbons (Fsp3) is 0.333. The third-order valence-corrected chi connectivity index (χ3v) is 4.71. The van der Waals surface area contributed by atoms with E-state index in [1.54, 1.807) is 24.3 Å². The minimum atomic E-state index is -1.08. The molecule has 0 bridgehead atoms. The van der Waals surface area contributed by atoms with Crippen molar-refractivity contribution in [2.45, 2.75) is 6.42 Å². The van der Waals surface area contributed by atoms with Crippen molar-refractivity contribution in [2.24, 2.45) is 0 Å². The van der Waals surface area contributed by atoms with Crippen molar-refractivity contribution >= 4 is 23.3 Å². The number of amides is 1. The molecule has 7 nitrogen and oxygen atoms in total. The number of anilines is 2. The van der Waals surface area contributed by atoms with Crippen LogP contribution < -0.4 is 15.0 Å². The Hall–Kier alpha value is -3.06. The van der Waals surface area contributed by atoms with Crippen molar-refractivity contribution in [1.82, 2.24) is 4.90 Å². The Bertz CT molecular complexity index is 826. The van der Waals surface area contributed by atoms with E-state index in [2.05, 4.69) is 22.2 Å². The number of para-hydroxylation sites is 1. The minimum Gasteiger partial charge on any atom is -0.484 e. The highest BCUT2D eigenvalue weighted by Crippen LogP contribution is 2.24. The Kier molecular flexibility index (Phi) is 6.49. The molecule has 0 atom stereocenters. The average Bonchev–Trinajstić information content (AvgIpc) is 2.92. The fourth-order valence-corrected chi connectivity index (χ4v) is 3.17. The van der Waals surface area contributed by atoms with Gasteiger partial charge in [0.2, 0.25) is 0 Å². The first-order valence-electron chi connectivity index (χ1n) is 9.31. The van der Waals surface area contributed by atoms with Crippen LogP contribution in [0.1, 0.15) is 16.8 Å². The molecule has 1 saturated heterocycles. The second kappa shape index (κ2) is 9.23. The molecule has 1 aliphatic heterocycles. The van der Waals surface area contributed by atoms with E-state index in [0.717, 1.165) is 38.3 Å². The van der Waals surface area contributed by atoms with Gasteiger partial charge in [-0.25, -0.2) is 4.79 Å². The number of likely N-dealkylation sites (N-methyl/N-ethyl adjacent to an activating group) is 1. The first kappa shape index (κ1) is 19.7. The predicted molar refractivity (Wildman–Crippen MR) is 108 cm³/mol. The molecule has 0 spiro atoms. The zero-order valence-electron chi connectivity index (χ0n) is 15.9. The van der Waals surface area contributed by atoms with Crippen molar-refractivity contribution in [1.29, 1.82) is 0 Å². The average molecular weight is 383 g/mol. The topological polar surface area (TPSA) is 82.1 Å². The van der Waals surface area contributed by atoms with Gasteiger partial charge in [0.05, 0.1) is 11.3 Å². The Morgan fingerprint density at radius 3 is 2.61 bits per heavy atom. The van der Waals surface area contributed by atoms with E-state index in [1.807, 2.05) is 24.3 Å². The highest BCUT2D eigenvalue weighted by atomic mass is 16.5. The molecule has 1 amide bonds. The van der Waals surface area contributed by atoms with E-state index in [9.17, 15) is 14.7 Å². The van der Waals surface area contributed by atoms with E-state index in [0.29, 0.717) is 5.75 Å². The Morgan fingerprint density at radius 1 is 1.07 bits per heavy atom. The van der Waals surface area contributed by atoms with Gasteiger partial charge in [0, 0.05) is 25.3 Å². The molecule has 7 heteroatoms. The summed E-state index contributed by atoms with van der Waals surface area (Å²) in [5.74, 6) is -0.902. The molecular weight excluding hydrogens is 358 g/mol. The molecule has 0 saturated carbocycles. The number of aromatic carboxylic acids is 1. The van der Waals surface area contributed by atoms with E-state index < -0.39 is 11.9 Å². The number of rotatable bonds is 6. The number of hydrogen-bond donors (Lipinski definition) is 2. The van der Waals surface area contributed by atoms with Crippen LogP contribution >= 0.6 is 0 Å². The van der Waals surface area contributed by atoms with E-state index in [1.165, 1.54) is 0 Å². The summed E-state index contributed by atoms with van der Waals surface area (Å²) in [6, 6.07) is 14.1. The summed E-state index contributed by atoms with van der Waals surface area (Å²) < 4.78 is 5.41. The highest BCUT2D eigenvalue weighted by molar-refractivity contribution is 6.01. The van der Waals surface area contributed by atoms with Gasteiger partial charge in [-0.3, -0.25) is 4.79 Å². The summed E-state index contributed by atoms with van der Waals surface area (Å²) in [6.45, 7) is 3.48. The Balaban J connectivity index is 1.68. The van der Waals surface area contributed by atoms with Gasteiger partial charge in [0.25, 0.3) is 5.91 Å². The van der Waals surface area contributed by atoms with Crippen molar-refractivity contribution < 1.29 is 19.4 Å². The number of benzene rings is 2. The lowest BCUT2D eigenvalue weighted by Crippen LogP contribution is -2.29. The molecule has 3 rings (SSSR count). The summed E-state index contributed by atoms with van der Waals surface area (Å²) in [5, 5.41) is 12.2. The molecule has 1 heterocycles. The van der Waals surface area contributed by atoms with Gasteiger partial charge in [-0.05, 0) is 50.3 Å². The number of hydrogen-bond acceptors (Lipinski definition) is 5. The normalized spacial score (nSPS) is 15.0. The number of nitrogens with one attached hydrogen (secondary N) is 1. The molecule has 2 N–H and O–H groups in total. The molecule has 1 fully saturated rings. The number of carbonyl (C=O) groups excluding carboxylic acids is 1. The Labute approximate surface area is 164 Å².